The first-order valence-corrected chi connectivity index (χ1v) is 7.73. The largest absolute Gasteiger partial charge is 0.444 e. The maximum Gasteiger partial charge on any atom is 0.410 e. The Morgan fingerprint density at radius 3 is 2.61 bits per heavy atom. The van der Waals surface area contributed by atoms with E-state index in [-0.39, 0.29) is 5.56 Å². The summed E-state index contributed by atoms with van der Waals surface area (Å²) in [6.45, 7) is 13.6. The Hall–Kier alpha value is -1.87. The minimum absolute atomic E-state index is 0.198. The average molecular weight is 340 g/mol. The van der Waals surface area contributed by atoms with Gasteiger partial charge in [0.1, 0.15) is 5.60 Å². The Balaban J connectivity index is 2.16. The van der Waals surface area contributed by atoms with E-state index in [0.29, 0.717) is 31.0 Å². The smallest absolute Gasteiger partial charge is 0.410 e. The fourth-order valence-electron chi connectivity index (χ4n) is 2.58. The summed E-state index contributed by atoms with van der Waals surface area (Å²) in [7, 11) is 0. The maximum atomic E-state index is 14.0. The van der Waals surface area contributed by atoms with Crippen molar-refractivity contribution in [3.8, 4) is 0 Å². The van der Waals surface area contributed by atoms with Gasteiger partial charge in [-0.05, 0) is 26.8 Å². The molecule has 124 valence electrons. The molecule has 0 radical (unpaired) electrons. The third-order valence-corrected chi connectivity index (χ3v) is 3.97. The molecule has 2 heterocycles. The van der Waals surface area contributed by atoms with E-state index in [9.17, 15) is 9.18 Å². The lowest BCUT2D eigenvalue weighted by atomic mass is 9.82. The van der Waals surface area contributed by atoms with Gasteiger partial charge < -0.3 is 14.5 Å². The zero-order valence-electron chi connectivity index (χ0n) is 13.4. The normalized spacial score (nSPS) is 17.5. The third kappa shape index (κ3) is 3.91. The summed E-state index contributed by atoms with van der Waals surface area (Å²) in [6, 6.07) is 1.45. The summed E-state index contributed by atoms with van der Waals surface area (Å²) >= 11 is 5.89. The van der Waals surface area contributed by atoms with Crippen LogP contribution in [0.1, 0.15) is 39.2 Å². The van der Waals surface area contributed by atoms with Crippen LogP contribution < -0.4 is 0 Å². The van der Waals surface area contributed by atoms with E-state index in [1.165, 1.54) is 12.3 Å². The number of halogens is 2. The molecule has 23 heavy (non-hydrogen) atoms. The molecule has 1 aromatic rings. The fourth-order valence-corrected chi connectivity index (χ4v) is 2.73. The lowest BCUT2D eigenvalue weighted by molar-refractivity contribution is 0.0181. The zero-order valence-corrected chi connectivity index (χ0v) is 14.2. The van der Waals surface area contributed by atoms with E-state index in [1.807, 2.05) is 0 Å². The van der Waals surface area contributed by atoms with Gasteiger partial charge in [-0.1, -0.05) is 11.6 Å². The van der Waals surface area contributed by atoms with Crippen LogP contribution in [0.15, 0.2) is 12.3 Å². The number of aromatic nitrogens is 1. The molecule has 2 rings (SSSR count). The SMILES string of the molecule is [C-]#[N+]C1(c2cc(Cl)cnc2F)CCN(C(=O)OC(C)(C)C)CC1. The number of hydrogen-bond donors (Lipinski definition) is 0. The number of likely N-dealkylation sites (tertiary alicyclic amines) is 1. The van der Waals surface area contributed by atoms with E-state index < -0.39 is 23.2 Å². The molecule has 0 N–H and O–H groups in total. The molecule has 0 atom stereocenters. The number of pyridine rings is 1. The molecule has 0 unspecified atom stereocenters. The minimum atomic E-state index is -1.04. The highest BCUT2D eigenvalue weighted by molar-refractivity contribution is 6.30. The van der Waals surface area contributed by atoms with Gasteiger partial charge in [0.2, 0.25) is 5.95 Å². The number of piperidine rings is 1. The van der Waals surface area contributed by atoms with Crippen LogP contribution in [0.3, 0.4) is 0 Å². The number of rotatable bonds is 1. The highest BCUT2D eigenvalue weighted by Gasteiger charge is 2.46. The monoisotopic (exact) mass is 339 g/mol. The van der Waals surface area contributed by atoms with Crippen molar-refractivity contribution in [2.24, 2.45) is 0 Å². The molecule has 1 saturated heterocycles. The summed E-state index contributed by atoms with van der Waals surface area (Å²) in [5.41, 5.74) is -1.42. The standard InChI is InChI=1S/C16H19ClFN3O2/c1-15(2,3)23-14(22)21-7-5-16(19-4,6-8-21)12-9-11(17)10-20-13(12)18/h9-10H,5-8H2,1-3H3. The number of ether oxygens (including phenoxy) is 1. The molecule has 1 aliphatic rings. The predicted octanol–water partition coefficient (Wildman–Crippen LogP) is 4.02. The Morgan fingerprint density at radius 1 is 1.48 bits per heavy atom. The van der Waals surface area contributed by atoms with Gasteiger partial charge in [-0.3, -0.25) is 0 Å². The van der Waals surface area contributed by atoms with Gasteiger partial charge in [-0.25, -0.2) is 16.4 Å². The van der Waals surface area contributed by atoms with Crippen LogP contribution in [0.2, 0.25) is 5.02 Å². The first-order valence-electron chi connectivity index (χ1n) is 7.35. The Labute approximate surface area is 140 Å². The van der Waals surface area contributed by atoms with E-state index in [1.54, 1.807) is 25.7 Å². The number of carbonyl (C=O) groups excluding carboxylic acids is 1. The first kappa shape index (κ1) is 17.5. The number of hydrogen-bond acceptors (Lipinski definition) is 3. The maximum absolute atomic E-state index is 14.0. The molecule has 1 amide bonds. The summed E-state index contributed by atoms with van der Waals surface area (Å²) in [4.78, 5) is 20.9. The molecule has 0 spiro atoms. The molecule has 1 aromatic heterocycles. The van der Waals surface area contributed by atoms with Gasteiger partial charge in [-0.15, -0.1) is 0 Å². The fraction of sp³-hybridized carbons (Fsp3) is 0.562. The third-order valence-electron chi connectivity index (χ3n) is 3.76. The first-order chi connectivity index (χ1) is 10.7. The number of nitrogens with zero attached hydrogens (tertiary/aromatic N) is 3. The zero-order chi connectivity index (χ0) is 17.3. The van der Waals surface area contributed by atoms with Crippen LogP contribution in [0.4, 0.5) is 9.18 Å². The number of amides is 1. The van der Waals surface area contributed by atoms with Crippen molar-refractivity contribution in [1.82, 2.24) is 9.88 Å². The quantitative estimate of drug-likeness (QED) is 0.573. The van der Waals surface area contributed by atoms with Crippen molar-refractivity contribution in [2.45, 2.75) is 44.8 Å². The molecule has 0 aliphatic carbocycles. The molecule has 5 nitrogen and oxygen atoms in total. The second-order valence-corrected chi connectivity index (χ2v) is 7.04. The van der Waals surface area contributed by atoms with Crippen molar-refractivity contribution in [2.75, 3.05) is 13.1 Å². The second kappa shape index (κ2) is 6.32. The minimum Gasteiger partial charge on any atom is -0.444 e. The van der Waals surface area contributed by atoms with E-state index in [4.69, 9.17) is 22.9 Å². The molecule has 0 saturated carbocycles. The Kier molecular flexibility index (Phi) is 4.81. The average Bonchev–Trinajstić information content (AvgIpc) is 2.48. The van der Waals surface area contributed by atoms with Crippen molar-refractivity contribution in [3.05, 3.63) is 40.2 Å². The highest BCUT2D eigenvalue weighted by Crippen LogP contribution is 2.39. The van der Waals surface area contributed by atoms with Crippen LogP contribution in [0.25, 0.3) is 4.85 Å². The lowest BCUT2D eigenvalue weighted by Gasteiger charge is -2.35. The van der Waals surface area contributed by atoms with E-state index in [0.717, 1.165) is 0 Å². The summed E-state index contributed by atoms with van der Waals surface area (Å²) < 4.78 is 19.4. The van der Waals surface area contributed by atoms with Crippen LogP contribution in [-0.4, -0.2) is 34.7 Å². The van der Waals surface area contributed by atoms with E-state index >= 15 is 0 Å². The van der Waals surface area contributed by atoms with Crippen molar-refractivity contribution in [1.29, 1.82) is 0 Å². The lowest BCUT2D eigenvalue weighted by Crippen LogP contribution is -2.46. The van der Waals surface area contributed by atoms with Gasteiger partial charge in [0.15, 0.2) is 0 Å². The second-order valence-electron chi connectivity index (χ2n) is 6.60. The van der Waals surface area contributed by atoms with Gasteiger partial charge in [0.05, 0.1) is 10.6 Å². The molecule has 0 aromatic carbocycles. The van der Waals surface area contributed by atoms with Crippen LogP contribution in [0, 0.1) is 12.5 Å². The summed E-state index contributed by atoms with van der Waals surface area (Å²) in [5.74, 6) is -0.684. The van der Waals surface area contributed by atoms with Crippen molar-refractivity contribution < 1.29 is 13.9 Å². The van der Waals surface area contributed by atoms with Gasteiger partial charge in [-0.2, -0.15) is 4.39 Å². The molecule has 7 heteroatoms. The molecular formula is C16H19ClFN3O2. The summed E-state index contributed by atoms with van der Waals surface area (Å²) in [6.07, 6.45) is 1.43. The molecule has 0 bridgehead atoms. The van der Waals surface area contributed by atoms with Crippen LogP contribution in [0.5, 0.6) is 0 Å². The van der Waals surface area contributed by atoms with E-state index in [2.05, 4.69) is 9.83 Å². The van der Waals surface area contributed by atoms with Crippen molar-refractivity contribution >= 4 is 17.7 Å². The topological polar surface area (TPSA) is 46.8 Å². The predicted molar refractivity (Wildman–Crippen MR) is 84.5 cm³/mol. The van der Waals surface area contributed by atoms with Gasteiger partial charge in [0, 0.05) is 32.1 Å². The van der Waals surface area contributed by atoms with Gasteiger partial charge >= 0.3 is 6.09 Å². The Morgan fingerprint density at radius 2 is 2.09 bits per heavy atom. The van der Waals surface area contributed by atoms with Crippen molar-refractivity contribution in [3.63, 3.8) is 0 Å². The highest BCUT2D eigenvalue weighted by atomic mass is 35.5. The number of carbonyl (C=O) groups is 1. The van der Waals surface area contributed by atoms with Gasteiger partial charge in [0.25, 0.3) is 5.54 Å². The molecular weight excluding hydrogens is 321 g/mol. The molecule has 1 aliphatic heterocycles. The molecule has 1 fully saturated rings. The van der Waals surface area contributed by atoms with Crippen LogP contribution >= 0.6 is 11.6 Å². The van der Waals surface area contributed by atoms with Crippen LogP contribution in [-0.2, 0) is 10.3 Å². The summed E-state index contributed by atoms with van der Waals surface area (Å²) in [5, 5.41) is 0.291. The Bertz CT molecular complexity index is 644.